The van der Waals surface area contributed by atoms with Gasteiger partial charge in [0.2, 0.25) is 11.8 Å². The average Bonchev–Trinajstić information content (AvgIpc) is 3.26. The first kappa shape index (κ1) is 15.0. The fourth-order valence-corrected chi connectivity index (χ4v) is 3.01. The molecular weight excluding hydrogens is 310 g/mol. The molecule has 0 unspecified atom stereocenters. The largest absolute Gasteiger partial charge is 0.424 e. The third-order valence-electron chi connectivity index (χ3n) is 4.24. The topological polar surface area (TPSA) is 98.0 Å². The fourth-order valence-electron chi connectivity index (χ4n) is 3.01. The smallest absolute Gasteiger partial charge is 0.230 e. The number of nitrogens with zero attached hydrogens (tertiary/aromatic N) is 7. The van der Waals surface area contributed by atoms with Crippen molar-refractivity contribution in [3.63, 3.8) is 0 Å². The summed E-state index contributed by atoms with van der Waals surface area (Å²) in [5.41, 5.74) is 2.43. The van der Waals surface area contributed by atoms with E-state index in [-0.39, 0.29) is 0 Å². The van der Waals surface area contributed by atoms with E-state index in [2.05, 4.69) is 25.3 Å². The Balaban J connectivity index is 1.50. The average molecular weight is 329 g/mol. The second-order valence-corrected chi connectivity index (χ2v) is 5.99. The molecule has 126 valence electrons. The fraction of sp³-hybridized carbons (Fsp3) is 0.467. The highest BCUT2D eigenvalue weighted by Crippen LogP contribution is 2.23. The Hall–Kier alpha value is -2.52. The molecule has 1 aliphatic heterocycles. The first-order valence-corrected chi connectivity index (χ1v) is 7.84. The van der Waals surface area contributed by atoms with Crippen LogP contribution < -0.4 is 0 Å². The zero-order valence-electron chi connectivity index (χ0n) is 13.6. The molecule has 1 aliphatic rings. The van der Waals surface area contributed by atoms with Crippen molar-refractivity contribution < 1.29 is 9.52 Å². The molecule has 1 atom stereocenters. The molecule has 4 rings (SSSR count). The Labute approximate surface area is 138 Å². The zero-order valence-corrected chi connectivity index (χ0v) is 13.6. The maximum atomic E-state index is 10.5. The quantitative estimate of drug-likeness (QED) is 0.740. The SMILES string of the molecule is Cc1nnc(CN2CCn3nc([C@H](O)c4ccnn4C)cc3C2)o1. The molecule has 3 aromatic rings. The van der Waals surface area contributed by atoms with Crippen LogP contribution in [0.3, 0.4) is 0 Å². The molecule has 0 fully saturated rings. The van der Waals surface area contributed by atoms with E-state index in [1.54, 1.807) is 23.9 Å². The summed E-state index contributed by atoms with van der Waals surface area (Å²) in [7, 11) is 1.81. The van der Waals surface area contributed by atoms with E-state index >= 15 is 0 Å². The van der Waals surface area contributed by atoms with Crippen molar-refractivity contribution in [3.05, 3.63) is 47.2 Å². The van der Waals surface area contributed by atoms with Crippen molar-refractivity contribution in [2.75, 3.05) is 6.54 Å². The van der Waals surface area contributed by atoms with Gasteiger partial charge in [0.25, 0.3) is 0 Å². The lowest BCUT2D eigenvalue weighted by atomic mass is 10.1. The van der Waals surface area contributed by atoms with Gasteiger partial charge in [0.1, 0.15) is 6.10 Å². The number of aromatic nitrogens is 6. The van der Waals surface area contributed by atoms with Crippen LogP contribution in [0.15, 0.2) is 22.7 Å². The van der Waals surface area contributed by atoms with Crippen molar-refractivity contribution in [2.24, 2.45) is 7.05 Å². The molecule has 0 aliphatic carbocycles. The van der Waals surface area contributed by atoms with Gasteiger partial charge >= 0.3 is 0 Å². The minimum Gasteiger partial charge on any atom is -0.424 e. The van der Waals surface area contributed by atoms with Crippen LogP contribution in [0.5, 0.6) is 0 Å². The summed E-state index contributed by atoms with van der Waals surface area (Å²) >= 11 is 0. The molecule has 4 heterocycles. The minimum absolute atomic E-state index is 0.577. The maximum absolute atomic E-state index is 10.5. The van der Waals surface area contributed by atoms with Gasteiger partial charge in [-0.15, -0.1) is 10.2 Å². The van der Waals surface area contributed by atoms with E-state index in [0.717, 1.165) is 31.0 Å². The Morgan fingerprint density at radius 3 is 2.92 bits per heavy atom. The van der Waals surface area contributed by atoms with Crippen LogP contribution in [0, 0.1) is 6.92 Å². The van der Waals surface area contributed by atoms with Crippen LogP contribution in [0.4, 0.5) is 0 Å². The van der Waals surface area contributed by atoms with Crippen LogP contribution in [0.25, 0.3) is 0 Å². The molecule has 0 aromatic carbocycles. The Morgan fingerprint density at radius 2 is 2.21 bits per heavy atom. The number of aryl methyl sites for hydroxylation is 2. The first-order valence-electron chi connectivity index (χ1n) is 7.84. The molecule has 9 heteroatoms. The lowest BCUT2D eigenvalue weighted by Gasteiger charge is -2.25. The van der Waals surface area contributed by atoms with Crippen molar-refractivity contribution in [2.45, 2.75) is 32.7 Å². The Kier molecular flexibility index (Phi) is 3.66. The van der Waals surface area contributed by atoms with E-state index in [9.17, 15) is 5.11 Å². The standard InChI is InChI=1S/C15H19N7O2/c1-10-17-18-14(24-10)9-21-5-6-22-11(8-21)7-12(19-22)15(23)13-3-4-16-20(13)2/h3-4,7,15,23H,5-6,8-9H2,1-2H3/t15-/m0/s1. The number of aliphatic hydroxyl groups excluding tert-OH is 1. The molecule has 24 heavy (non-hydrogen) atoms. The van der Waals surface area contributed by atoms with Crippen molar-refractivity contribution in [1.29, 1.82) is 0 Å². The summed E-state index contributed by atoms with van der Waals surface area (Å²) in [6, 6.07) is 3.75. The summed E-state index contributed by atoms with van der Waals surface area (Å²) < 4.78 is 9.05. The van der Waals surface area contributed by atoms with Gasteiger partial charge in [-0.2, -0.15) is 10.2 Å². The summed E-state index contributed by atoms with van der Waals surface area (Å²) in [5.74, 6) is 1.20. The van der Waals surface area contributed by atoms with E-state index in [4.69, 9.17) is 4.42 Å². The number of hydrogen-bond acceptors (Lipinski definition) is 7. The van der Waals surface area contributed by atoms with Gasteiger partial charge < -0.3 is 9.52 Å². The third kappa shape index (κ3) is 2.72. The van der Waals surface area contributed by atoms with E-state index in [1.165, 1.54) is 0 Å². The summed E-state index contributed by atoms with van der Waals surface area (Å²) in [5, 5.41) is 27.1. The molecular formula is C15H19N7O2. The van der Waals surface area contributed by atoms with E-state index < -0.39 is 6.10 Å². The van der Waals surface area contributed by atoms with Crippen LogP contribution in [-0.2, 0) is 26.7 Å². The van der Waals surface area contributed by atoms with Gasteiger partial charge in [0.05, 0.1) is 30.2 Å². The third-order valence-corrected chi connectivity index (χ3v) is 4.24. The lowest BCUT2D eigenvalue weighted by Crippen LogP contribution is -2.33. The van der Waals surface area contributed by atoms with E-state index in [1.807, 2.05) is 17.8 Å². The Bertz CT molecular complexity index is 850. The predicted molar refractivity (Wildman–Crippen MR) is 82.6 cm³/mol. The maximum Gasteiger partial charge on any atom is 0.230 e. The van der Waals surface area contributed by atoms with Gasteiger partial charge in [0.15, 0.2) is 0 Å². The monoisotopic (exact) mass is 329 g/mol. The second-order valence-electron chi connectivity index (χ2n) is 5.99. The molecule has 0 saturated heterocycles. The second kappa shape index (κ2) is 5.84. The molecule has 1 N–H and O–H groups in total. The van der Waals surface area contributed by atoms with Crippen molar-refractivity contribution >= 4 is 0 Å². The summed E-state index contributed by atoms with van der Waals surface area (Å²) in [4.78, 5) is 2.23. The molecule has 0 spiro atoms. The number of hydrogen-bond donors (Lipinski definition) is 1. The molecule has 0 bridgehead atoms. The molecule has 0 radical (unpaired) electrons. The zero-order chi connectivity index (χ0) is 16.7. The molecule has 3 aromatic heterocycles. The first-order chi connectivity index (χ1) is 11.6. The number of aliphatic hydroxyl groups is 1. The lowest BCUT2D eigenvalue weighted by molar-refractivity contribution is 0.184. The van der Waals surface area contributed by atoms with Crippen molar-refractivity contribution in [3.8, 4) is 0 Å². The van der Waals surface area contributed by atoms with Gasteiger partial charge in [0, 0.05) is 33.3 Å². The van der Waals surface area contributed by atoms with Crippen LogP contribution in [0.2, 0.25) is 0 Å². The highest BCUT2D eigenvalue weighted by atomic mass is 16.4. The molecule has 0 saturated carbocycles. The van der Waals surface area contributed by atoms with Gasteiger partial charge in [-0.25, -0.2) is 0 Å². The Morgan fingerprint density at radius 1 is 1.33 bits per heavy atom. The van der Waals surface area contributed by atoms with E-state index in [0.29, 0.717) is 24.0 Å². The normalized spacial score (nSPS) is 16.3. The predicted octanol–water partition coefficient (Wildman–Crippen LogP) is 0.406. The summed E-state index contributed by atoms with van der Waals surface area (Å²) in [6.45, 7) is 4.74. The van der Waals surface area contributed by atoms with Crippen molar-refractivity contribution in [1.82, 2.24) is 34.7 Å². The van der Waals surface area contributed by atoms with Crippen LogP contribution in [-0.4, -0.2) is 46.3 Å². The molecule has 0 amide bonds. The van der Waals surface area contributed by atoms with Crippen LogP contribution in [0.1, 0.15) is 35.0 Å². The van der Waals surface area contributed by atoms with Gasteiger partial charge in [-0.05, 0) is 12.1 Å². The van der Waals surface area contributed by atoms with Crippen LogP contribution >= 0.6 is 0 Å². The highest BCUT2D eigenvalue weighted by Gasteiger charge is 2.24. The van der Waals surface area contributed by atoms with Gasteiger partial charge in [-0.1, -0.05) is 0 Å². The number of rotatable bonds is 4. The highest BCUT2D eigenvalue weighted by molar-refractivity contribution is 5.22. The summed E-state index contributed by atoms with van der Waals surface area (Å²) in [6.07, 6.45) is 0.894. The molecule has 9 nitrogen and oxygen atoms in total. The number of fused-ring (bicyclic) bond motifs is 1. The minimum atomic E-state index is -0.775. The van der Waals surface area contributed by atoms with Gasteiger partial charge in [-0.3, -0.25) is 14.3 Å².